The third-order valence-electron chi connectivity index (χ3n) is 6.56. The maximum Gasteiger partial charge on any atom is 0.227 e. The van der Waals surface area contributed by atoms with E-state index in [9.17, 15) is 14.7 Å². The molecule has 1 aromatic carbocycles. The Hall–Kier alpha value is -1.59. The fourth-order valence-corrected chi connectivity index (χ4v) is 4.75. The Kier molecular flexibility index (Phi) is 5.41. The predicted molar refractivity (Wildman–Crippen MR) is 109 cm³/mol. The van der Waals surface area contributed by atoms with Crippen molar-refractivity contribution in [3.8, 4) is 0 Å². The van der Waals surface area contributed by atoms with E-state index in [1.165, 1.54) is 0 Å². The number of anilines is 1. The van der Waals surface area contributed by atoms with Crippen LogP contribution >= 0.6 is 11.6 Å². The molecule has 2 aliphatic carbocycles. The van der Waals surface area contributed by atoms with Crippen molar-refractivity contribution in [2.75, 3.05) is 11.9 Å². The lowest BCUT2D eigenvalue weighted by atomic mass is 9.83. The summed E-state index contributed by atoms with van der Waals surface area (Å²) in [4.78, 5) is 26.9. The number of hydrogen-bond acceptors (Lipinski definition) is 3. The second-order valence-corrected chi connectivity index (χ2v) is 9.43. The summed E-state index contributed by atoms with van der Waals surface area (Å²) in [5.74, 6) is 0.404. The highest BCUT2D eigenvalue weighted by Gasteiger charge is 2.39. The minimum absolute atomic E-state index is 0.0353. The Bertz CT molecular complexity index is 765. The van der Waals surface area contributed by atoms with E-state index in [4.69, 9.17) is 11.6 Å². The van der Waals surface area contributed by atoms with Crippen molar-refractivity contribution in [3.63, 3.8) is 0 Å². The van der Waals surface area contributed by atoms with Crippen LogP contribution in [0.3, 0.4) is 0 Å². The third kappa shape index (κ3) is 4.36. The minimum Gasteiger partial charge on any atom is -0.390 e. The average molecular weight is 405 g/mol. The van der Waals surface area contributed by atoms with Gasteiger partial charge in [0.15, 0.2) is 0 Å². The molecule has 6 heteroatoms. The lowest BCUT2D eigenvalue weighted by molar-refractivity contribution is -0.134. The van der Waals surface area contributed by atoms with Gasteiger partial charge in [0.2, 0.25) is 11.8 Å². The molecule has 1 aliphatic heterocycles. The highest BCUT2D eigenvalue weighted by atomic mass is 35.5. The van der Waals surface area contributed by atoms with E-state index >= 15 is 0 Å². The van der Waals surface area contributed by atoms with Gasteiger partial charge in [-0.3, -0.25) is 9.59 Å². The molecule has 5 nitrogen and oxygen atoms in total. The number of nitrogens with one attached hydrogen (secondary N) is 1. The number of rotatable bonds is 5. The topological polar surface area (TPSA) is 69.6 Å². The first-order valence-electron chi connectivity index (χ1n) is 10.4. The number of amides is 2. The van der Waals surface area contributed by atoms with Gasteiger partial charge in [-0.25, -0.2) is 0 Å². The number of likely N-dealkylation sites (tertiary alicyclic amines) is 1. The van der Waals surface area contributed by atoms with Gasteiger partial charge in [0, 0.05) is 35.1 Å². The Labute approximate surface area is 171 Å². The first-order valence-corrected chi connectivity index (χ1v) is 10.8. The molecule has 0 spiro atoms. The first-order chi connectivity index (χ1) is 13.3. The van der Waals surface area contributed by atoms with Gasteiger partial charge in [-0.1, -0.05) is 17.7 Å². The summed E-state index contributed by atoms with van der Waals surface area (Å²) in [6.45, 7) is 2.68. The van der Waals surface area contributed by atoms with Crippen molar-refractivity contribution < 1.29 is 14.7 Å². The summed E-state index contributed by atoms with van der Waals surface area (Å²) < 4.78 is 0. The van der Waals surface area contributed by atoms with E-state index in [1.807, 2.05) is 24.0 Å². The Morgan fingerprint density at radius 1 is 1.25 bits per heavy atom. The van der Waals surface area contributed by atoms with Gasteiger partial charge in [0.1, 0.15) is 0 Å². The fraction of sp³-hybridized carbons (Fsp3) is 0.636. The first kappa shape index (κ1) is 19.7. The molecule has 1 saturated heterocycles. The van der Waals surface area contributed by atoms with Crippen LogP contribution in [-0.4, -0.2) is 40.0 Å². The molecule has 3 aliphatic rings. The maximum atomic E-state index is 12.9. The molecule has 0 radical (unpaired) electrons. The zero-order valence-electron chi connectivity index (χ0n) is 16.4. The number of carbonyl (C=O) groups excluding carboxylic acids is 2. The second-order valence-electron chi connectivity index (χ2n) is 9.02. The summed E-state index contributed by atoms with van der Waals surface area (Å²) >= 11 is 6.45. The molecule has 152 valence electrons. The van der Waals surface area contributed by atoms with Crippen LogP contribution in [0.2, 0.25) is 5.02 Å². The molecule has 1 heterocycles. The lowest BCUT2D eigenvalue weighted by Crippen LogP contribution is -2.43. The van der Waals surface area contributed by atoms with Crippen molar-refractivity contribution >= 4 is 29.1 Å². The molecule has 2 amide bonds. The summed E-state index contributed by atoms with van der Waals surface area (Å²) in [5.41, 5.74) is 1.10. The molecule has 2 N–H and O–H groups in total. The van der Waals surface area contributed by atoms with Crippen molar-refractivity contribution in [1.82, 2.24) is 4.90 Å². The van der Waals surface area contributed by atoms with Crippen molar-refractivity contribution in [1.29, 1.82) is 0 Å². The quantitative estimate of drug-likeness (QED) is 0.784. The predicted octanol–water partition coefficient (Wildman–Crippen LogP) is 3.77. The summed E-state index contributed by atoms with van der Waals surface area (Å²) in [7, 11) is 0. The standard InChI is InChI=1S/C22H29ClN2O3/c1-22(28)9-6-18(7-10-22)25-11-8-16(21(25)27)12-15-4-5-17(13-19(15)23)24-20(26)14-2-3-14/h4-5,13-14,16,18,28H,2-3,6-12H2,1H3,(H,24,26). The second kappa shape index (κ2) is 7.68. The maximum absolute atomic E-state index is 12.9. The number of nitrogens with zero attached hydrogens (tertiary/aromatic N) is 1. The number of benzene rings is 1. The van der Waals surface area contributed by atoms with E-state index < -0.39 is 5.60 Å². The van der Waals surface area contributed by atoms with Crippen LogP contribution in [0.5, 0.6) is 0 Å². The van der Waals surface area contributed by atoms with Crippen molar-refractivity contribution in [2.24, 2.45) is 11.8 Å². The van der Waals surface area contributed by atoms with Gasteiger partial charge in [-0.15, -0.1) is 0 Å². The van der Waals surface area contributed by atoms with Crippen molar-refractivity contribution in [3.05, 3.63) is 28.8 Å². The Morgan fingerprint density at radius 3 is 2.61 bits per heavy atom. The molecule has 0 bridgehead atoms. The van der Waals surface area contributed by atoms with Gasteiger partial charge in [-0.05, 0) is 76.0 Å². The molecule has 1 aromatic rings. The van der Waals surface area contributed by atoms with Crippen LogP contribution in [0.4, 0.5) is 5.69 Å². The van der Waals surface area contributed by atoms with Gasteiger partial charge in [-0.2, -0.15) is 0 Å². The van der Waals surface area contributed by atoms with Crippen LogP contribution in [0, 0.1) is 11.8 Å². The van der Waals surface area contributed by atoms with E-state index in [1.54, 1.807) is 6.07 Å². The largest absolute Gasteiger partial charge is 0.390 e. The zero-order valence-corrected chi connectivity index (χ0v) is 17.2. The van der Waals surface area contributed by atoms with Gasteiger partial charge in [0.05, 0.1) is 5.60 Å². The SMILES string of the molecule is CC1(O)CCC(N2CCC(Cc3ccc(NC(=O)C4CC4)cc3Cl)C2=O)CC1. The zero-order chi connectivity index (χ0) is 19.9. The van der Waals surface area contributed by atoms with Crippen LogP contribution in [0.15, 0.2) is 18.2 Å². The highest BCUT2D eigenvalue weighted by molar-refractivity contribution is 6.31. The summed E-state index contributed by atoms with van der Waals surface area (Å²) in [5, 5.41) is 13.7. The molecule has 0 aromatic heterocycles. The summed E-state index contributed by atoms with van der Waals surface area (Å²) in [6, 6.07) is 5.85. The molecule has 28 heavy (non-hydrogen) atoms. The number of aliphatic hydroxyl groups is 1. The molecule has 4 rings (SSSR count). The van der Waals surface area contributed by atoms with Gasteiger partial charge in [0.25, 0.3) is 0 Å². The molecule has 1 atom stereocenters. The van der Waals surface area contributed by atoms with E-state index in [0.717, 1.165) is 62.7 Å². The van der Waals surface area contributed by atoms with Gasteiger partial charge >= 0.3 is 0 Å². The fourth-order valence-electron chi connectivity index (χ4n) is 4.50. The number of carbonyl (C=O) groups is 2. The minimum atomic E-state index is -0.580. The number of hydrogen-bond donors (Lipinski definition) is 2. The normalized spacial score (nSPS) is 30.5. The summed E-state index contributed by atoms with van der Waals surface area (Å²) in [6.07, 6.45) is 6.69. The monoisotopic (exact) mass is 404 g/mol. The molecular weight excluding hydrogens is 376 g/mol. The molecule has 1 unspecified atom stereocenters. The lowest BCUT2D eigenvalue weighted by Gasteiger charge is -2.37. The van der Waals surface area contributed by atoms with E-state index in [0.29, 0.717) is 11.4 Å². The average Bonchev–Trinajstić information content (AvgIpc) is 3.43. The van der Waals surface area contributed by atoms with E-state index in [2.05, 4.69) is 5.32 Å². The van der Waals surface area contributed by atoms with Gasteiger partial charge < -0.3 is 15.3 Å². The smallest absolute Gasteiger partial charge is 0.227 e. The van der Waals surface area contributed by atoms with Crippen LogP contribution in [0.1, 0.15) is 57.4 Å². The van der Waals surface area contributed by atoms with E-state index in [-0.39, 0.29) is 29.7 Å². The highest BCUT2D eigenvalue weighted by Crippen LogP contribution is 2.35. The molecule has 2 saturated carbocycles. The third-order valence-corrected chi connectivity index (χ3v) is 6.91. The van der Waals surface area contributed by atoms with Crippen LogP contribution in [-0.2, 0) is 16.0 Å². The van der Waals surface area contributed by atoms with Crippen LogP contribution < -0.4 is 5.32 Å². The molecular formula is C22H29ClN2O3. The van der Waals surface area contributed by atoms with Crippen molar-refractivity contribution in [2.45, 2.75) is 69.9 Å². The van der Waals surface area contributed by atoms with Crippen LogP contribution in [0.25, 0.3) is 0 Å². The number of halogens is 1. The Morgan fingerprint density at radius 2 is 1.96 bits per heavy atom. The Balaban J connectivity index is 1.35. The molecule has 3 fully saturated rings.